The predicted molar refractivity (Wildman–Crippen MR) is 94.7 cm³/mol. The first kappa shape index (κ1) is 17.5. The summed E-state index contributed by atoms with van der Waals surface area (Å²) in [5.41, 5.74) is 2.09. The summed E-state index contributed by atoms with van der Waals surface area (Å²) in [4.78, 5) is 6.95. The molecule has 4 nitrogen and oxygen atoms in total. The van der Waals surface area contributed by atoms with Crippen LogP contribution in [0.2, 0.25) is 0 Å². The number of ether oxygens (including phenoxy) is 1. The summed E-state index contributed by atoms with van der Waals surface area (Å²) in [6.07, 6.45) is 0.977. The van der Waals surface area contributed by atoms with Crippen molar-refractivity contribution < 1.29 is 9.13 Å². The molecule has 1 fully saturated rings. The van der Waals surface area contributed by atoms with Gasteiger partial charge in [-0.3, -0.25) is 4.90 Å². The molecule has 0 aliphatic carbocycles. The number of thiazole rings is 1. The molecule has 6 heteroatoms. The van der Waals surface area contributed by atoms with Crippen LogP contribution >= 0.6 is 11.3 Å². The van der Waals surface area contributed by atoms with Gasteiger partial charge in [0.25, 0.3) is 0 Å². The van der Waals surface area contributed by atoms with Crippen molar-refractivity contribution in [2.75, 3.05) is 32.8 Å². The summed E-state index contributed by atoms with van der Waals surface area (Å²) in [7, 11) is 0. The number of aryl methyl sites for hydroxylation is 1. The van der Waals surface area contributed by atoms with Crippen LogP contribution in [0.5, 0.6) is 0 Å². The van der Waals surface area contributed by atoms with E-state index in [1.54, 1.807) is 23.5 Å². The van der Waals surface area contributed by atoms with Gasteiger partial charge in [-0.25, -0.2) is 9.37 Å². The molecule has 1 aliphatic heterocycles. The summed E-state index contributed by atoms with van der Waals surface area (Å²) >= 11 is 1.71. The highest BCUT2D eigenvalue weighted by Gasteiger charge is 2.22. The Morgan fingerprint density at radius 3 is 2.92 bits per heavy atom. The lowest BCUT2D eigenvalue weighted by molar-refractivity contribution is 0.0160. The Morgan fingerprint density at radius 1 is 1.38 bits per heavy atom. The van der Waals surface area contributed by atoms with Gasteiger partial charge in [-0.15, -0.1) is 11.3 Å². The normalized spacial score (nSPS) is 17.1. The second-order valence-electron chi connectivity index (χ2n) is 5.94. The van der Waals surface area contributed by atoms with Crippen LogP contribution in [-0.4, -0.2) is 42.7 Å². The summed E-state index contributed by atoms with van der Waals surface area (Å²) in [5.74, 6) is -0.183. The molecule has 1 N–H and O–H groups in total. The van der Waals surface area contributed by atoms with Crippen LogP contribution in [0.3, 0.4) is 0 Å². The summed E-state index contributed by atoms with van der Waals surface area (Å²) in [5, 5.41) is 6.77. The lowest BCUT2D eigenvalue weighted by Gasteiger charge is -2.35. The van der Waals surface area contributed by atoms with Crippen molar-refractivity contribution in [1.82, 2.24) is 15.2 Å². The molecule has 1 unspecified atom stereocenters. The molecule has 0 saturated carbocycles. The molecule has 2 aromatic rings. The molecule has 24 heavy (non-hydrogen) atoms. The quantitative estimate of drug-likeness (QED) is 0.834. The van der Waals surface area contributed by atoms with Gasteiger partial charge in [0.05, 0.1) is 23.9 Å². The Balaban J connectivity index is 1.65. The number of hydrogen-bond acceptors (Lipinski definition) is 5. The van der Waals surface area contributed by atoms with E-state index < -0.39 is 0 Å². The molecule has 1 atom stereocenters. The maximum absolute atomic E-state index is 13.7. The van der Waals surface area contributed by atoms with E-state index in [2.05, 4.69) is 27.5 Å². The highest BCUT2D eigenvalue weighted by molar-refractivity contribution is 7.09. The molecular weight excluding hydrogens is 325 g/mol. The van der Waals surface area contributed by atoms with E-state index in [0.717, 1.165) is 57.1 Å². The Kier molecular flexibility index (Phi) is 6.31. The minimum Gasteiger partial charge on any atom is -0.379 e. The SMILES string of the molecule is CCc1nc(CNCC(c2cccc(F)c2)N2CCOCC2)cs1. The molecular formula is C18H24FN3OS. The first-order valence-corrected chi connectivity index (χ1v) is 9.35. The van der Waals surface area contributed by atoms with E-state index in [1.165, 1.54) is 11.1 Å². The number of nitrogens with zero attached hydrogens (tertiary/aromatic N) is 2. The third kappa shape index (κ3) is 4.60. The fourth-order valence-electron chi connectivity index (χ4n) is 2.99. The van der Waals surface area contributed by atoms with Gasteiger partial charge in [-0.05, 0) is 24.1 Å². The number of benzene rings is 1. The third-order valence-electron chi connectivity index (χ3n) is 4.27. The van der Waals surface area contributed by atoms with E-state index in [0.29, 0.717) is 0 Å². The van der Waals surface area contributed by atoms with Crippen molar-refractivity contribution >= 4 is 11.3 Å². The van der Waals surface area contributed by atoms with Crippen LogP contribution < -0.4 is 5.32 Å². The zero-order chi connectivity index (χ0) is 16.8. The van der Waals surface area contributed by atoms with Gasteiger partial charge in [-0.1, -0.05) is 19.1 Å². The van der Waals surface area contributed by atoms with E-state index >= 15 is 0 Å². The van der Waals surface area contributed by atoms with Crippen LogP contribution in [0.25, 0.3) is 0 Å². The number of morpholine rings is 1. The molecule has 3 rings (SSSR count). The van der Waals surface area contributed by atoms with E-state index in [9.17, 15) is 4.39 Å². The standard InChI is InChI=1S/C18H24FN3OS/c1-2-18-21-16(13-24-18)11-20-12-17(22-6-8-23-9-7-22)14-4-3-5-15(19)10-14/h3-5,10,13,17,20H,2,6-9,11-12H2,1H3. The van der Waals surface area contributed by atoms with Crippen molar-refractivity contribution in [1.29, 1.82) is 0 Å². The van der Waals surface area contributed by atoms with Gasteiger partial charge in [-0.2, -0.15) is 0 Å². The van der Waals surface area contributed by atoms with Crippen LogP contribution in [0.4, 0.5) is 4.39 Å². The Labute approximate surface area is 146 Å². The van der Waals surface area contributed by atoms with Gasteiger partial charge >= 0.3 is 0 Å². The molecule has 1 aromatic heterocycles. The zero-order valence-corrected chi connectivity index (χ0v) is 14.8. The van der Waals surface area contributed by atoms with Crippen LogP contribution in [0.15, 0.2) is 29.6 Å². The molecule has 1 aliphatic rings. The Bertz CT molecular complexity index is 643. The molecule has 0 spiro atoms. The number of nitrogens with one attached hydrogen (secondary N) is 1. The lowest BCUT2D eigenvalue weighted by Crippen LogP contribution is -2.42. The number of aromatic nitrogens is 1. The van der Waals surface area contributed by atoms with Gasteiger partial charge in [0.2, 0.25) is 0 Å². The Morgan fingerprint density at radius 2 is 2.21 bits per heavy atom. The van der Waals surface area contributed by atoms with Crippen LogP contribution in [0.1, 0.15) is 29.2 Å². The number of halogens is 1. The smallest absolute Gasteiger partial charge is 0.123 e. The lowest BCUT2D eigenvalue weighted by atomic mass is 10.0. The largest absolute Gasteiger partial charge is 0.379 e. The van der Waals surface area contributed by atoms with Gasteiger partial charge in [0.1, 0.15) is 5.82 Å². The van der Waals surface area contributed by atoms with E-state index in [4.69, 9.17) is 4.74 Å². The highest BCUT2D eigenvalue weighted by Crippen LogP contribution is 2.22. The fourth-order valence-corrected chi connectivity index (χ4v) is 3.73. The number of hydrogen-bond donors (Lipinski definition) is 1. The van der Waals surface area contributed by atoms with Crippen LogP contribution in [0, 0.1) is 5.82 Å². The van der Waals surface area contributed by atoms with Crippen molar-refractivity contribution in [3.63, 3.8) is 0 Å². The molecule has 0 bridgehead atoms. The van der Waals surface area contributed by atoms with Crippen molar-refractivity contribution in [2.24, 2.45) is 0 Å². The number of rotatable bonds is 7. The summed E-state index contributed by atoms with van der Waals surface area (Å²) in [6.45, 7) is 6.85. The minimum absolute atomic E-state index is 0.147. The van der Waals surface area contributed by atoms with Crippen LogP contribution in [-0.2, 0) is 17.7 Å². The van der Waals surface area contributed by atoms with E-state index in [-0.39, 0.29) is 11.9 Å². The Hall–Kier alpha value is -1.34. The van der Waals surface area contributed by atoms with Crippen molar-refractivity contribution in [2.45, 2.75) is 25.9 Å². The van der Waals surface area contributed by atoms with Gasteiger partial charge in [0, 0.05) is 37.6 Å². The van der Waals surface area contributed by atoms with E-state index in [1.807, 2.05) is 6.07 Å². The highest BCUT2D eigenvalue weighted by atomic mass is 32.1. The molecule has 130 valence electrons. The second-order valence-corrected chi connectivity index (χ2v) is 6.88. The average Bonchev–Trinajstić information content (AvgIpc) is 3.07. The second kappa shape index (κ2) is 8.67. The monoisotopic (exact) mass is 349 g/mol. The van der Waals surface area contributed by atoms with Crippen molar-refractivity contribution in [3.8, 4) is 0 Å². The van der Waals surface area contributed by atoms with Crippen molar-refractivity contribution in [3.05, 3.63) is 51.7 Å². The van der Waals surface area contributed by atoms with Gasteiger partial charge in [0.15, 0.2) is 0 Å². The predicted octanol–water partition coefficient (Wildman–Crippen LogP) is 3.01. The van der Waals surface area contributed by atoms with Gasteiger partial charge < -0.3 is 10.1 Å². The third-order valence-corrected chi connectivity index (χ3v) is 5.31. The first-order chi connectivity index (χ1) is 11.8. The zero-order valence-electron chi connectivity index (χ0n) is 14.0. The maximum atomic E-state index is 13.7. The molecule has 1 aromatic carbocycles. The molecule has 0 amide bonds. The fraction of sp³-hybridized carbons (Fsp3) is 0.500. The topological polar surface area (TPSA) is 37.4 Å². The minimum atomic E-state index is -0.183. The molecule has 0 radical (unpaired) electrons. The summed E-state index contributed by atoms with van der Waals surface area (Å²) in [6, 6.07) is 7.07. The first-order valence-electron chi connectivity index (χ1n) is 8.47. The molecule has 1 saturated heterocycles. The maximum Gasteiger partial charge on any atom is 0.123 e. The summed E-state index contributed by atoms with van der Waals surface area (Å²) < 4.78 is 19.1. The molecule has 2 heterocycles. The average molecular weight is 349 g/mol.